The van der Waals surface area contributed by atoms with Gasteiger partial charge in [-0.25, -0.2) is 4.52 Å². The van der Waals surface area contributed by atoms with Crippen molar-refractivity contribution in [3.63, 3.8) is 0 Å². The van der Waals surface area contributed by atoms with Gasteiger partial charge >= 0.3 is 0 Å². The number of pyridine rings is 1. The summed E-state index contributed by atoms with van der Waals surface area (Å²) in [5.74, 6) is 0.299. The van der Waals surface area contributed by atoms with Gasteiger partial charge in [-0.1, -0.05) is 30.3 Å². The van der Waals surface area contributed by atoms with Crippen LogP contribution in [0, 0.1) is 6.92 Å². The summed E-state index contributed by atoms with van der Waals surface area (Å²) in [5, 5.41) is 4.14. The van der Waals surface area contributed by atoms with Gasteiger partial charge in [0.05, 0.1) is 0 Å². The Labute approximate surface area is 98.7 Å². The van der Waals surface area contributed by atoms with Crippen molar-refractivity contribution in [3.05, 3.63) is 48.2 Å². The first kappa shape index (κ1) is 9.84. The molecule has 2 aromatic heterocycles. The van der Waals surface area contributed by atoms with Crippen molar-refractivity contribution in [3.8, 4) is 11.1 Å². The van der Waals surface area contributed by atoms with Crippen LogP contribution >= 0.6 is 0 Å². The number of nitrogens with two attached hydrogens (primary N) is 1. The summed E-state index contributed by atoms with van der Waals surface area (Å²) < 4.78 is 1.73. The minimum absolute atomic E-state index is 0.299. The summed E-state index contributed by atoms with van der Waals surface area (Å²) in [6.07, 6.45) is 1.92. The minimum atomic E-state index is 0.299. The topological polar surface area (TPSA) is 56.2 Å². The second-order valence-electron chi connectivity index (χ2n) is 4.04. The Hall–Kier alpha value is -2.36. The fourth-order valence-electron chi connectivity index (χ4n) is 1.97. The average molecular weight is 224 g/mol. The zero-order valence-corrected chi connectivity index (χ0v) is 9.46. The molecule has 0 saturated heterocycles. The van der Waals surface area contributed by atoms with Crippen LogP contribution in [-0.2, 0) is 0 Å². The van der Waals surface area contributed by atoms with Gasteiger partial charge in [0.2, 0.25) is 5.95 Å². The summed E-state index contributed by atoms with van der Waals surface area (Å²) in [6, 6.07) is 12.2. The van der Waals surface area contributed by atoms with Crippen LogP contribution < -0.4 is 5.73 Å². The number of aryl methyl sites for hydroxylation is 1. The van der Waals surface area contributed by atoms with E-state index < -0.39 is 0 Å². The molecule has 3 rings (SSSR count). The molecule has 84 valence electrons. The zero-order chi connectivity index (χ0) is 11.8. The van der Waals surface area contributed by atoms with Gasteiger partial charge in [-0.15, -0.1) is 5.10 Å². The second-order valence-corrected chi connectivity index (χ2v) is 4.04. The molecule has 0 aliphatic carbocycles. The first-order valence-electron chi connectivity index (χ1n) is 5.42. The van der Waals surface area contributed by atoms with Crippen molar-refractivity contribution in [1.82, 2.24) is 14.6 Å². The standard InChI is InChI=1S/C13H12N4/c1-9-7-11(10-5-3-2-4-6-10)12-15-13(14)16-17(12)8-9/h2-8H,1H3,(H2,14,16). The molecule has 0 fully saturated rings. The zero-order valence-electron chi connectivity index (χ0n) is 9.46. The van der Waals surface area contributed by atoms with E-state index in [9.17, 15) is 0 Å². The van der Waals surface area contributed by atoms with Crippen LogP contribution in [0.4, 0.5) is 5.95 Å². The molecule has 4 heteroatoms. The smallest absolute Gasteiger partial charge is 0.240 e. The summed E-state index contributed by atoms with van der Waals surface area (Å²) in [7, 11) is 0. The average Bonchev–Trinajstić information content (AvgIpc) is 2.69. The van der Waals surface area contributed by atoms with Crippen molar-refractivity contribution in [2.75, 3.05) is 5.73 Å². The number of nitrogen functional groups attached to an aromatic ring is 1. The molecule has 2 heterocycles. The molecule has 3 aromatic rings. The van der Waals surface area contributed by atoms with Gasteiger partial charge in [-0.05, 0) is 24.1 Å². The van der Waals surface area contributed by atoms with Crippen molar-refractivity contribution in [2.24, 2.45) is 0 Å². The Bertz CT molecular complexity index is 670. The van der Waals surface area contributed by atoms with E-state index in [2.05, 4.69) is 28.3 Å². The van der Waals surface area contributed by atoms with Gasteiger partial charge < -0.3 is 5.73 Å². The lowest BCUT2D eigenvalue weighted by atomic mass is 10.1. The van der Waals surface area contributed by atoms with Crippen LogP contribution in [0.25, 0.3) is 16.8 Å². The van der Waals surface area contributed by atoms with E-state index in [1.165, 1.54) is 0 Å². The van der Waals surface area contributed by atoms with E-state index in [0.29, 0.717) is 5.95 Å². The molecular weight excluding hydrogens is 212 g/mol. The lowest BCUT2D eigenvalue weighted by Gasteiger charge is -2.04. The third-order valence-corrected chi connectivity index (χ3v) is 2.67. The summed E-state index contributed by atoms with van der Waals surface area (Å²) in [6.45, 7) is 2.03. The van der Waals surface area contributed by atoms with Gasteiger partial charge in [-0.2, -0.15) is 4.98 Å². The van der Waals surface area contributed by atoms with Crippen molar-refractivity contribution < 1.29 is 0 Å². The summed E-state index contributed by atoms with van der Waals surface area (Å²) in [5.41, 5.74) is 9.73. The predicted molar refractivity (Wildman–Crippen MR) is 67.6 cm³/mol. The van der Waals surface area contributed by atoms with E-state index in [-0.39, 0.29) is 0 Å². The minimum Gasteiger partial charge on any atom is -0.366 e. The Balaban J connectivity index is 2.35. The van der Waals surface area contributed by atoms with Crippen LogP contribution in [0.5, 0.6) is 0 Å². The normalized spacial score (nSPS) is 10.9. The molecule has 0 bridgehead atoms. The largest absolute Gasteiger partial charge is 0.366 e. The molecule has 0 amide bonds. The third-order valence-electron chi connectivity index (χ3n) is 2.67. The third kappa shape index (κ3) is 1.63. The molecule has 0 spiro atoms. The van der Waals surface area contributed by atoms with E-state index in [1.807, 2.05) is 31.3 Å². The highest BCUT2D eigenvalue weighted by Crippen LogP contribution is 2.24. The number of anilines is 1. The fraction of sp³-hybridized carbons (Fsp3) is 0.0769. The van der Waals surface area contributed by atoms with E-state index in [1.54, 1.807) is 4.52 Å². The van der Waals surface area contributed by atoms with Gasteiger partial charge in [-0.3, -0.25) is 0 Å². The van der Waals surface area contributed by atoms with Gasteiger partial charge in [0.15, 0.2) is 5.65 Å². The maximum Gasteiger partial charge on any atom is 0.240 e. The highest BCUT2D eigenvalue weighted by atomic mass is 15.3. The molecule has 1 aromatic carbocycles. The van der Waals surface area contributed by atoms with Crippen molar-refractivity contribution >= 4 is 11.6 Å². The fourth-order valence-corrected chi connectivity index (χ4v) is 1.97. The van der Waals surface area contributed by atoms with E-state index in [0.717, 1.165) is 22.3 Å². The molecule has 17 heavy (non-hydrogen) atoms. The number of rotatable bonds is 1. The molecule has 0 aliphatic heterocycles. The molecule has 0 atom stereocenters. The molecule has 0 aliphatic rings. The van der Waals surface area contributed by atoms with Crippen molar-refractivity contribution in [2.45, 2.75) is 6.92 Å². The van der Waals surface area contributed by atoms with Crippen LogP contribution in [0.2, 0.25) is 0 Å². The molecule has 0 saturated carbocycles. The number of hydrogen-bond donors (Lipinski definition) is 1. The number of benzene rings is 1. The van der Waals surface area contributed by atoms with Crippen LogP contribution in [0.1, 0.15) is 5.56 Å². The monoisotopic (exact) mass is 224 g/mol. The van der Waals surface area contributed by atoms with Crippen LogP contribution in [0.15, 0.2) is 42.6 Å². The van der Waals surface area contributed by atoms with E-state index >= 15 is 0 Å². The Kier molecular flexibility index (Phi) is 2.08. The lowest BCUT2D eigenvalue weighted by Crippen LogP contribution is -1.92. The van der Waals surface area contributed by atoms with Crippen LogP contribution in [0.3, 0.4) is 0 Å². The maximum atomic E-state index is 5.64. The summed E-state index contributed by atoms with van der Waals surface area (Å²) >= 11 is 0. The number of nitrogens with zero attached hydrogens (tertiary/aromatic N) is 3. The van der Waals surface area contributed by atoms with Gasteiger partial charge in [0, 0.05) is 11.8 Å². The van der Waals surface area contributed by atoms with Crippen molar-refractivity contribution in [1.29, 1.82) is 0 Å². The highest BCUT2D eigenvalue weighted by molar-refractivity contribution is 5.78. The first-order valence-corrected chi connectivity index (χ1v) is 5.42. The SMILES string of the molecule is Cc1cc(-c2ccccc2)c2nc(N)nn2c1. The summed E-state index contributed by atoms with van der Waals surface area (Å²) in [4.78, 5) is 4.26. The quantitative estimate of drug-likeness (QED) is 0.690. The number of hydrogen-bond acceptors (Lipinski definition) is 3. The molecule has 4 nitrogen and oxygen atoms in total. The molecular formula is C13H12N4. The highest BCUT2D eigenvalue weighted by Gasteiger charge is 2.08. The molecule has 0 radical (unpaired) electrons. The Morgan fingerprint density at radius 3 is 2.71 bits per heavy atom. The van der Waals surface area contributed by atoms with Gasteiger partial charge in [0.1, 0.15) is 0 Å². The number of fused-ring (bicyclic) bond motifs is 1. The predicted octanol–water partition coefficient (Wildman–Crippen LogP) is 2.29. The lowest BCUT2D eigenvalue weighted by molar-refractivity contribution is 0.959. The Morgan fingerprint density at radius 1 is 1.18 bits per heavy atom. The molecule has 0 unspecified atom stereocenters. The first-order chi connectivity index (χ1) is 8.24. The number of aromatic nitrogens is 3. The van der Waals surface area contributed by atoms with Crippen LogP contribution in [-0.4, -0.2) is 14.6 Å². The molecule has 2 N–H and O–H groups in total. The Morgan fingerprint density at radius 2 is 1.94 bits per heavy atom. The second kappa shape index (κ2) is 3.59. The van der Waals surface area contributed by atoms with E-state index in [4.69, 9.17) is 5.73 Å². The maximum absolute atomic E-state index is 5.64. The van der Waals surface area contributed by atoms with Gasteiger partial charge in [0.25, 0.3) is 0 Å².